The highest BCUT2D eigenvalue weighted by atomic mass is 19.1. The summed E-state index contributed by atoms with van der Waals surface area (Å²) in [6, 6.07) is 5.82. The summed E-state index contributed by atoms with van der Waals surface area (Å²) in [6.07, 6.45) is 1.38. The number of nitrogens with two attached hydrogens (primary N) is 1. The molecule has 0 aliphatic rings. The molecule has 1 amide bonds. The molecule has 0 fully saturated rings. The smallest absolute Gasteiger partial charge is 0.274 e. The first kappa shape index (κ1) is 12.9. The Kier molecular flexibility index (Phi) is 3.67. The molecule has 1 aromatic carbocycles. The number of pyridine rings is 1. The highest BCUT2D eigenvalue weighted by Gasteiger charge is 2.11. The molecule has 1 heterocycles. The first-order valence-electron chi connectivity index (χ1n) is 5.29. The number of nitrogens with one attached hydrogen (secondary N) is 2. The average molecular weight is 264 g/mol. The summed E-state index contributed by atoms with van der Waals surface area (Å²) in [6.45, 7) is 0. The molecule has 5 nitrogen and oxygen atoms in total. The van der Waals surface area contributed by atoms with Gasteiger partial charge in [-0.25, -0.2) is 8.78 Å². The molecule has 0 saturated heterocycles. The normalized spacial score (nSPS) is 10.1. The molecule has 0 aliphatic heterocycles. The third-order valence-corrected chi connectivity index (χ3v) is 2.34. The number of carbonyl (C=O) groups excluding carboxylic acids is 1. The first-order chi connectivity index (χ1) is 9.10. The summed E-state index contributed by atoms with van der Waals surface area (Å²) >= 11 is 0. The van der Waals surface area contributed by atoms with Crippen molar-refractivity contribution in [2.75, 3.05) is 10.7 Å². The van der Waals surface area contributed by atoms with Crippen LogP contribution in [0.15, 0.2) is 36.5 Å². The number of anilines is 2. The summed E-state index contributed by atoms with van der Waals surface area (Å²) < 4.78 is 26.1. The molecule has 0 saturated carbocycles. The first-order valence-corrected chi connectivity index (χ1v) is 5.29. The van der Waals surface area contributed by atoms with Gasteiger partial charge in [-0.3, -0.25) is 15.6 Å². The third-order valence-electron chi connectivity index (χ3n) is 2.34. The van der Waals surface area contributed by atoms with Gasteiger partial charge in [0.05, 0.1) is 11.4 Å². The number of nitrogen functional groups attached to an aromatic ring is 1. The van der Waals surface area contributed by atoms with Gasteiger partial charge < -0.3 is 10.7 Å². The fourth-order valence-corrected chi connectivity index (χ4v) is 1.42. The summed E-state index contributed by atoms with van der Waals surface area (Å²) in [7, 11) is 0. The second-order valence-electron chi connectivity index (χ2n) is 3.65. The molecule has 4 N–H and O–H groups in total. The fraction of sp³-hybridized carbons (Fsp3) is 0. The van der Waals surface area contributed by atoms with E-state index in [0.29, 0.717) is 11.8 Å². The Morgan fingerprint density at radius 1 is 1.21 bits per heavy atom. The van der Waals surface area contributed by atoms with Gasteiger partial charge in [0.1, 0.15) is 17.3 Å². The molecule has 0 spiro atoms. The van der Waals surface area contributed by atoms with Crippen LogP contribution in [-0.4, -0.2) is 10.9 Å². The molecule has 0 atom stereocenters. The Morgan fingerprint density at radius 3 is 2.68 bits per heavy atom. The Balaban J connectivity index is 2.20. The van der Waals surface area contributed by atoms with E-state index in [1.807, 2.05) is 0 Å². The van der Waals surface area contributed by atoms with E-state index in [4.69, 9.17) is 5.84 Å². The Morgan fingerprint density at radius 2 is 2.00 bits per heavy atom. The zero-order valence-electron chi connectivity index (χ0n) is 9.65. The van der Waals surface area contributed by atoms with Crippen molar-refractivity contribution >= 4 is 17.3 Å². The van der Waals surface area contributed by atoms with Crippen LogP contribution in [0.2, 0.25) is 0 Å². The second-order valence-corrected chi connectivity index (χ2v) is 3.65. The number of halogens is 2. The van der Waals surface area contributed by atoms with Crippen molar-refractivity contribution in [1.82, 2.24) is 4.98 Å². The molecular formula is C12H10F2N4O. The van der Waals surface area contributed by atoms with Crippen LogP contribution in [0.25, 0.3) is 0 Å². The number of nitrogens with zero attached hydrogens (tertiary/aromatic N) is 1. The van der Waals surface area contributed by atoms with Crippen LogP contribution >= 0.6 is 0 Å². The average Bonchev–Trinajstić information content (AvgIpc) is 2.42. The quantitative estimate of drug-likeness (QED) is 0.584. The summed E-state index contributed by atoms with van der Waals surface area (Å²) in [5.41, 5.74) is 2.78. The Labute approximate surface area is 107 Å². The highest BCUT2D eigenvalue weighted by molar-refractivity contribution is 6.03. The largest absolute Gasteiger partial charge is 0.324 e. The number of carbonyl (C=O) groups is 1. The van der Waals surface area contributed by atoms with Crippen LogP contribution in [-0.2, 0) is 0 Å². The topological polar surface area (TPSA) is 80.0 Å². The lowest BCUT2D eigenvalue weighted by Gasteiger charge is -2.07. The van der Waals surface area contributed by atoms with Crippen molar-refractivity contribution in [3.05, 3.63) is 53.9 Å². The van der Waals surface area contributed by atoms with Crippen molar-refractivity contribution in [1.29, 1.82) is 0 Å². The fourth-order valence-electron chi connectivity index (χ4n) is 1.42. The van der Waals surface area contributed by atoms with Gasteiger partial charge in [0, 0.05) is 12.3 Å². The molecule has 0 bridgehead atoms. The number of hydrazine groups is 1. The number of benzene rings is 1. The highest BCUT2D eigenvalue weighted by Crippen LogP contribution is 2.16. The lowest BCUT2D eigenvalue weighted by molar-refractivity contribution is 0.102. The molecule has 2 aromatic rings. The molecule has 98 valence electrons. The van der Waals surface area contributed by atoms with E-state index in [2.05, 4.69) is 15.7 Å². The lowest BCUT2D eigenvalue weighted by Crippen LogP contribution is -2.16. The van der Waals surface area contributed by atoms with Gasteiger partial charge in [-0.05, 0) is 24.3 Å². The molecular weight excluding hydrogens is 254 g/mol. The maximum atomic E-state index is 13.4. The number of rotatable bonds is 3. The van der Waals surface area contributed by atoms with E-state index in [0.717, 1.165) is 12.1 Å². The summed E-state index contributed by atoms with van der Waals surface area (Å²) in [5, 5.41) is 2.29. The van der Waals surface area contributed by atoms with Crippen LogP contribution in [0, 0.1) is 11.6 Å². The van der Waals surface area contributed by atoms with Crippen LogP contribution in [0.4, 0.5) is 20.2 Å². The minimum Gasteiger partial charge on any atom is -0.324 e. The second kappa shape index (κ2) is 5.40. The third kappa shape index (κ3) is 3.02. The maximum absolute atomic E-state index is 13.4. The van der Waals surface area contributed by atoms with E-state index in [1.54, 1.807) is 6.07 Å². The SMILES string of the molecule is NNc1ccnc(C(=O)Nc2ccc(F)cc2F)c1. The van der Waals surface area contributed by atoms with Gasteiger partial charge in [-0.15, -0.1) is 0 Å². The van der Waals surface area contributed by atoms with E-state index < -0.39 is 17.5 Å². The van der Waals surface area contributed by atoms with Crippen molar-refractivity contribution in [2.24, 2.45) is 5.84 Å². The van der Waals surface area contributed by atoms with Gasteiger partial charge in [0.25, 0.3) is 5.91 Å². The minimum absolute atomic E-state index is 0.0548. The van der Waals surface area contributed by atoms with E-state index in [-0.39, 0.29) is 11.4 Å². The van der Waals surface area contributed by atoms with Crippen LogP contribution < -0.4 is 16.6 Å². The summed E-state index contributed by atoms with van der Waals surface area (Å²) in [5.74, 6) is 3.00. The van der Waals surface area contributed by atoms with Crippen LogP contribution in [0.1, 0.15) is 10.5 Å². The number of aromatic nitrogens is 1. The predicted molar refractivity (Wildman–Crippen MR) is 66.4 cm³/mol. The number of hydrogen-bond acceptors (Lipinski definition) is 4. The molecule has 19 heavy (non-hydrogen) atoms. The van der Waals surface area contributed by atoms with E-state index >= 15 is 0 Å². The van der Waals surface area contributed by atoms with Gasteiger partial charge in [0.15, 0.2) is 0 Å². The molecule has 0 aliphatic carbocycles. The molecule has 0 unspecified atom stereocenters. The van der Waals surface area contributed by atoms with Gasteiger partial charge in [-0.2, -0.15) is 0 Å². The van der Waals surface area contributed by atoms with Crippen LogP contribution in [0.5, 0.6) is 0 Å². The Bertz CT molecular complexity index is 618. The zero-order chi connectivity index (χ0) is 13.8. The maximum Gasteiger partial charge on any atom is 0.274 e. The Hall–Kier alpha value is -2.54. The molecule has 1 aromatic heterocycles. The van der Waals surface area contributed by atoms with E-state index in [9.17, 15) is 13.6 Å². The molecule has 2 rings (SSSR count). The van der Waals surface area contributed by atoms with Gasteiger partial charge in [0.2, 0.25) is 0 Å². The molecule has 0 radical (unpaired) electrons. The van der Waals surface area contributed by atoms with Crippen molar-refractivity contribution in [3.63, 3.8) is 0 Å². The number of hydrogen-bond donors (Lipinski definition) is 3. The van der Waals surface area contributed by atoms with Gasteiger partial charge in [-0.1, -0.05) is 0 Å². The summed E-state index contributed by atoms with van der Waals surface area (Å²) in [4.78, 5) is 15.6. The zero-order valence-corrected chi connectivity index (χ0v) is 9.65. The van der Waals surface area contributed by atoms with Crippen LogP contribution in [0.3, 0.4) is 0 Å². The number of amides is 1. The van der Waals surface area contributed by atoms with Crippen molar-refractivity contribution in [3.8, 4) is 0 Å². The van der Waals surface area contributed by atoms with Gasteiger partial charge >= 0.3 is 0 Å². The minimum atomic E-state index is -0.860. The lowest BCUT2D eigenvalue weighted by atomic mass is 10.2. The monoisotopic (exact) mass is 264 g/mol. The van der Waals surface area contributed by atoms with Crippen molar-refractivity contribution < 1.29 is 13.6 Å². The predicted octanol–water partition coefficient (Wildman–Crippen LogP) is 1.90. The molecule has 7 heteroatoms. The standard InChI is InChI=1S/C12H10F2N4O/c13-7-1-2-10(9(14)5-7)17-12(19)11-6-8(18-15)3-4-16-11/h1-6H,15H2,(H,16,18)(H,17,19). The van der Waals surface area contributed by atoms with Crippen molar-refractivity contribution in [2.45, 2.75) is 0 Å². The van der Waals surface area contributed by atoms with E-state index in [1.165, 1.54) is 12.3 Å².